The highest BCUT2D eigenvalue weighted by molar-refractivity contribution is 9.10. The summed E-state index contributed by atoms with van der Waals surface area (Å²) in [6.07, 6.45) is 2.97. The Morgan fingerprint density at radius 1 is 1.47 bits per heavy atom. The monoisotopic (exact) mass is 297 g/mol. The lowest BCUT2D eigenvalue weighted by molar-refractivity contribution is -0.155. The first-order valence-electron chi connectivity index (χ1n) is 4.93. The van der Waals surface area contributed by atoms with Crippen molar-refractivity contribution in [2.45, 2.75) is 32.3 Å². The number of nitrogens with zero attached hydrogens (tertiary/aromatic N) is 3. The van der Waals surface area contributed by atoms with Gasteiger partial charge in [0.1, 0.15) is 5.60 Å². The fraction of sp³-hybridized carbons (Fsp3) is 0.455. The van der Waals surface area contributed by atoms with Gasteiger partial charge in [-0.15, -0.1) is 0 Å². The van der Waals surface area contributed by atoms with Crippen molar-refractivity contribution in [2.75, 3.05) is 0 Å². The highest BCUT2D eigenvalue weighted by atomic mass is 79.9. The van der Waals surface area contributed by atoms with Crippen LogP contribution in [-0.4, -0.2) is 21.5 Å². The smallest absolute Gasteiger partial charge is 0.331 e. The van der Waals surface area contributed by atoms with Crippen molar-refractivity contribution in [1.82, 2.24) is 9.97 Å². The molecule has 6 heteroatoms. The van der Waals surface area contributed by atoms with Crippen LogP contribution >= 0.6 is 15.9 Å². The standard InChI is InChI=1S/C11H12BrN3O2/c1-11(2,3)17-10(16)8(4-13)9-14-5-7(12)6-15-9/h5-6,8H,1-3H3. The molecule has 5 nitrogen and oxygen atoms in total. The topological polar surface area (TPSA) is 75.9 Å². The summed E-state index contributed by atoms with van der Waals surface area (Å²) in [6, 6.07) is 1.85. The van der Waals surface area contributed by atoms with Crippen LogP contribution in [0, 0.1) is 11.3 Å². The van der Waals surface area contributed by atoms with Crippen molar-refractivity contribution >= 4 is 21.9 Å². The minimum atomic E-state index is -1.10. The fourth-order valence-corrected chi connectivity index (χ4v) is 1.25. The summed E-state index contributed by atoms with van der Waals surface area (Å²) in [4.78, 5) is 19.6. The molecule has 1 aromatic rings. The Morgan fingerprint density at radius 3 is 2.41 bits per heavy atom. The van der Waals surface area contributed by atoms with Crippen LogP contribution in [0.3, 0.4) is 0 Å². The molecule has 0 saturated carbocycles. The number of halogens is 1. The lowest BCUT2D eigenvalue weighted by atomic mass is 10.1. The fourth-order valence-electron chi connectivity index (χ4n) is 1.05. The normalized spacial score (nSPS) is 12.6. The Labute approximate surface area is 108 Å². The Morgan fingerprint density at radius 2 is 2.00 bits per heavy atom. The van der Waals surface area contributed by atoms with Gasteiger partial charge in [-0.25, -0.2) is 9.97 Å². The molecule has 1 heterocycles. The van der Waals surface area contributed by atoms with Crippen molar-refractivity contribution in [3.8, 4) is 6.07 Å². The number of carbonyl (C=O) groups excluding carboxylic acids is 1. The van der Waals surface area contributed by atoms with Crippen LogP contribution in [0.2, 0.25) is 0 Å². The summed E-state index contributed by atoms with van der Waals surface area (Å²) in [5, 5.41) is 8.97. The molecule has 0 radical (unpaired) electrons. The summed E-state index contributed by atoms with van der Waals surface area (Å²) in [5.41, 5.74) is -0.637. The number of ether oxygens (including phenoxy) is 1. The first-order valence-corrected chi connectivity index (χ1v) is 5.72. The van der Waals surface area contributed by atoms with E-state index in [-0.39, 0.29) is 5.82 Å². The van der Waals surface area contributed by atoms with Crippen LogP contribution < -0.4 is 0 Å². The molecule has 0 aromatic carbocycles. The molecule has 1 atom stereocenters. The molecule has 1 unspecified atom stereocenters. The van der Waals surface area contributed by atoms with E-state index in [4.69, 9.17) is 10.00 Å². The van der Waals surface area contributed by atoms with Crippen molar-refractivity contribution in [3.63, 3.8) is 0 Å². The molecule has 17 heavy (non-hydrogen) atoms. The highest BCUT2D eigenvalue weighted by Crippen LogP contribution is 2.18. The van der Waals surface area contributed by atoms with Gasteiger partial charge in [-0.1, -0.05) is 0 Å². The molecule has 0 bridgehead atoms. The maximum Gasteiger partial charge on any atom is 0.331 e. The van der Waals surface area contributed by atoms with Crippen LogP contribution in [0.25, 0.3) is 0 Å². The van der Waals surface area contributed by atoms with E-state index >= 15 is 0 Å². The Hall–Kier alpha value is -1.48. The van der Waals surface area contributed by atoms with Crippen LogP contribution in [0.1, 0.15) is 32.5 Å². The van der Waals surface area contributed by atoms with Gasteiger partial charge in [0.15, 0.2) is 5.82 Å². The third-order valence-electron chi connectivity index (χ3n) is 1.67. The molecule has 0 N–H and O–H groups in total. The van der Waals surface area contributed by atoms with E-state index in [0.29, 0.717) is 4.47 Å². The minimum Gasteiger partial charge on any atom is -0.459 e. The number of aromatic nitrogens is 2. The van der Waals surface area contributed by atoms with E-state index < -0.39 is 17.5 Å². The van der Waals surface area contributed by atoms with Gasteiger partial charge in [0, 0.05) is 12.4 Å². The molecule has 0 amide bonds. The molecule has 0 saturated heterocycles. The van der Waals surface area contributed by atoms with Gasteiger partial charge in [-0.3, -0.25) is 4.79 Å². The number of hydrogen-bond donors (Lipinski definition) is 0. The van der Waals surface area contributed by atoms with Crippen LogP contribution in [0.4, 0.5) is 0 Å². The Bertz CT molecular complexity index is 445. The quantitative estimate of drug-likeness (QED) is 0.782. The van der Waals surface area contributed by atoms with E-state index in [0.717, 1.165) is 0 Å². The number of esters is 1. The molecule has 0 aliphatic heterocycles. The maximum atomic E-state index is 11.7. The Balaban J connectivity index is 2.90. The van der Waals surface area contributed by atoms with E-state index in [1.54, 1.807) is 20.8 Å². The van der Waals surface area contributed by atoms with E-state index in [2.05, 4.69) is 25.9 Å². The second kappa shape index (κ2) is 5.23. The van der Waals surface area contributed by atoms with Gasteiger partial charge in [0.25, 0.3) is 0 Å². The predicted octanol–water partition coefficient (Wildman–Crippen LogP) is 2.19. The minimum absolute atomic E-state index is 0.143. The summed E-state index contributed by atoms with van der Waals surface area (Å²) in [6.45, 7) is 5.21. The SMILES string of the molecule is CC(C)(C)OC(=O)C(C#N)c1ncc(Br)cn1. The van der Waals surface area contributed by atoms with Crippen LogP contribution in [0.5, 0.6) is 0 Å². The van der Waals surface area contributed by atoms with Gasteiger partial charge >= 0.3 is 5.97 Å². The molecule has 0 aliphatic carbocycles. The zero-order valence-electron chi connectivity index (χ0n) is 9.77. The highest BCUT2D eigenvalue weighted by Gasteiger charge is 2.28. The average molecular weight is 298 g/mol. The summed E-state index contributed by atoms with van der Waals surface area (Å²) >= 11 is 3.18. The predicted molar refractivity (Wildman–Crippen MR) is 63.9 cm³/mol. The average Bonchev–Trinajstić information content (AvgIpc) is 2.19. The molecular weight excluding hydrogens is 286 g/mol. The molecule has 0 spiro atoms. The summed E-state index contributed by atoms with van der Waals surface area (Å²) in [5.74, 6) is -1.59. The molecule has 90 valence electrons. The van der Waals surface area contributed by atoms with Gasteiger partial charge < -0.3 is 4.74 Å². The number of rotatable bonds is 2. The van der Waals surface area contributed by atoms with Crippen LogP contribution in [0.15, 0.2) is 16.9 Å². The second-order valence-corrected chi connectivity index (χ2v) is 5.27. The lowest BCUT2D eigenvalue weighted by Gasteiger charge is -2.20. The number of carbonyl (C=O) groups is 1. The van der Waals surface area contributed by atoms with Gasteiger partial charge in [-0.2, -0.15) is 5.26 Å². The lowest BCUT2D eigenvalue weighted by Crippen LogP contribution is -2.28. The van der Waals surface area contributed by atoms with Crippen molar-refractivity contribution in [1.29, 1.82) is 5.26 Å². The maximum absolute atomic E-state index is 11.7. The van der Waals surface area contributed by atoms with Gasteiger partial charge in [0.2, 0.25) is 5.92 Å². The number of nitriles is 1. The zero-order valence-corrected chi connectivity index (χ0v) is 11.4. The van der Waals surface area contributed by atoms with E-state index in [9.17, 15) is 4.79 Å². The first kappa shape index (κ1) is 13.6. The first-order chi connectivity index (χ1) is 7.83. The van der Waals surface area contributed by atoms with E-state index in [1.165, 1.54) is 12.4 Å². The van der Waals surface area contributed by atoms with Gasteiger partial charge in [0.05, 0.1) is 10.5 Å². The molecular formula is C11H12BrN3O2. The summed E-state index contributed by atoms with van der Waals surface area (Å²) in [7, 11) is 0. The van der Waals surface area contributed by atoms with Crippen molar-refractivity contribution in [3.05, 3.63) is 22.7 Å². The molecule has 0 fully saturated rings. The number of hydrogen-bond acceptors (Lipinski definition) is 5. The molecule has 1 aromatic heterocycles. The van der Waals surface area contributed by atoms with Crippen molar-refractivity contribution in [2.24, 2.45) is 0 Å². The molecule has 0 aliphatic rings. The second-order valence-electron chi connectivity index (χ2n) is 4.36. The zero-order chi connectivity index (χ0) is 13.1. The van der Waals surface area contributed by atoms with E-state index in [1.807, 2.05) is 6.07 Å². The largest absolute Gasteiger partial charge is 0.459 e. The molecule has 1 rings (SSSR count). The third kappa shape index (κ3) is 4.11. The summed E-state index contributed by atoms with van der Waals surface area (Å²) < 4.78 is 5.80. The Kier molecular flexibility index (Phi) is 4.18. The van der Waals surface area contributed by atoms with Crippen molar-refractivity contribution < 1.29 is 9.53 Å². The van der Waals surface area contributed by atoms with Crippen LogP contribution in [-0.2, 0) is 9.53 Å². The third-order valence-corrected chi connectivity index (χ3v) is 2.08. The van der Waals surface area contributed by atoms with Gasteiger partial charge in [-0.05, 0) is 36.7 Å².